The van der Waals surface area contributed by atoms with Crippen molar-refractivity contribution in [3.8, 4) is 0 Å². The molecule has 0 amide bonds. The second-order valence-electron chi connectivity index (χ2n) is 3.78. The predicted molar refractivity (Wildman–Crippen MR) is 59.6 cm³/mol. The Morgan fingerprint density at radius 2 is 2.00 bits per heavy atom. The number of hydrogen-bond acceptors (Lipinski definition) is 2. The summed E-state index contributed by atoms with van der Waals surface area (Å²) in [5, 5.41) is 11.4. The van der Waals surface area contributed by atoms with E-state index in [1.54, 1.807) is 0 Å². The molecule has 3 nitrogen and oxygen atoms in total. The van der Waals surface area contributed by atoms with Gasteiger partial charge in [-0.05, 0) is 37.1 Å². The number of hydrogen-bond donors (Lipinski definition) is 2. The molecule has 94 valence electrons. The van der Waals surface area contributed by atoms with Crippen molar-refractivity contribution < 1.29 is 18.7 Å². The highest BCUT2D eigenvalue weighted by molar-refractivity contribution is 5.66. The minimum atomic E-state index is -0.852. The molecule has 1 rings (SSSR count). The van der Waals surface area contributed by atoms with Crippen LogP contribution in [0.3, 0.4) is 0 Å². The lowest BCUT2D eigenvalue weighted by Crippen LogP contribution is -2.15. The van der Waals surface area contributed by atoms with Crippen LogP contribution in [-0.4, -0.2) is 17.6 Å². The van der Waals surface area contributed by atoms with E-state index in [1.807, 2.05) is 0 Å². The molecule has 0 aliphatic heterocycles. The molecular weight excluding hydrogens is 228 g/mol. The summed E-state index contributed by atoms with van der Waals surface area (Å²) in [6.45, 7) is 1.11. The number of benzene rings is 1. The third-order valence-corrected chi connectivity index (χ3v) is 2.31. The van der Waals surface area contributed by atoms with Gasteiger partial charge in [0.1, 0.15) is 0 Å². The van der Waals surface area contributed by atoms with Gasteiger partial charge in [0, 0.05) is 13.0 Å². The molecule has 5 heteroatoms. The van der Waals surface area contributed by atoms with Crippen LogP contribution in [-0.2, 0) is 11.3 Å². The molecule has 0 unspecified atom stereocenters. The molecule has 0 aromatic heterocycles. The van der Waals surface area contributed by atoms with Gasteiger partial charge < -0.3 is 10.4 Å². The van der Waals surface area contributed by atoms with E-state index >= 15 is 0 Å². The molecule has 0 fully saturated rings. The maximum Gasteiger partial charge on any atom is 0.303 e. The monoisotopic (exact) mass is 243 g/mol. The molecule has 2 N–H and O–H groups in total. The zero-order chi connectivity index (χ0) is 12.7. The Kier molecular flexibility index (Phi) is 5.56. The molecule has 1 aromatic rings. The highest BCUT2D eigenvalue weighted by Gasteiger charge is 2.02. The van der Waals surface area contributed by atoms with E-state index in [0.717, 1.165) is 18.6 Å². The maximum absolute atomic E-state index is 12.8. The Morgan fingerprint density at radius 1 is 1.24 bits per heavy atom. The van der Waals surface area contributed by atoms with Gasteiger partial charge in [0.25, 0.3) is 0 Å². The lowest BCUT2D eigenvalue weighted by Gasteiger charge is -2.04. The minimum absolute atomic E-state index is 0.160. The summed E-state index contributed by atoms with van der Waals surface area (Å²) in [6.07, 6.45) is 1.52. The molecule has 0 aliphatic rings. The van der Waals surface area contributed by atoms with Crippen LogP contribution in [0.1, 0.15) is 24.8 Å². The number of aliphatic carboxylic acids is 1. The van der Waals surface area contributed by atoms with E-state index in [9.17, 15) is 13.6 Å². The largest absolute Gasteiger partial charge is 0.481 e. The third-order valence-electron chi connectivity index (χ3n) is 2.31. The summed E-state index contributed by atoms with van der Waals surface area (Å²) < 4.78 is 25.4. The van der Waals surface area contributed by atoms with Gasteiger partial charge in [0.15, 0.2) is 11.6 Å². The summed E-state index contributed by atoms with van der Waals surface area (Å²) in [5.74, 6) is -2.50. The first-order chi connectivity index (χ1) is 8.09. The Bertz CT molecular complexity index is 383. The topological polar surface area (TPSA) is 49.3 Å². The van der Waals surface area contributed by atoms with Crippen LogP contribution in [0.2, 0.25) is 0 Å². The van der Waals surface area contributed by atoms with Crippen molar-refractivity contribution >= 4 is 5.97 Å². The van der Waals surface area contributed by atoms with Crippen molar-refractivity contribution in [2.75, 3.05) is 6.54 Å². The normalized spacial score (nSPS) is 10.5. The zero-order valence-electron chi connectivity index (χ0n) is 9.38. The summed E-state index contributed by atoms with van der Waals surface area (Å²) in [6, 6.07) is 3.76. The van der Waals surface area contributed by atoms with Gasteiger partial charge in [-0.3, -0.25) is 4.79 Å². The minimum Gasteiger partial charge on any atom is -0.481 e. The van der Waals surface area contributed by atoms with Gasteiger partial charge in [-0.15, -0.1) is 0 Å². The van der Waals surface area contributed by atoms with Gasteiger partial charge in [-0.1, -0.05) is 6.07 Å². The van der Waals surface area contributed by atoms with E-state index in [2.05, 4.69) is 5.32 Å². The third kappa shape index (κ3) is 5.40. The van der Waals surface area contributed by atoms with E-state index in [-0.39, 0.29) is 6.42 Å². The Hall–Kier alpha value is -1.49. The highest BCUT2D eigenvalue weighted by Crippen LogP contribution is 2.08. The molecule has 0 bridgehead atoms. The van der Waals surface area contributed by atoms with Crippen molar-refractivity contribution in [2.24, 2.45) is 0 Å². The number of carboxylic acid groups (broad SMARTS) is 1. The zero-order valence-corrected chi connectivity index (χ0v) is 9.38. The standard InChI is InChI=1S/C12H15F2NO2/c13-10-5-4-9(7-11(10)14)8-15-6-2-1-3-12(16)17/h4-5,7,15H,1-3,6,8H2,(H,16,17). The van der Waals surface area contributed by atoms with Crippen LogP contribution in [0.25, 0.3) is 0 Å². The first-order valence-electron chi connectivity index (χ1n) is 5.46. The number of rotatable bonds is 7. The number of halogens is 2. The molecule has 1 aromatic carbocycles. The first-order valence-corrected chi connectivity index (χ1v) is 5.46. The predicted octanol–water partition coefficient (Wildman–Crippen LogP) is 2.31. The number of carbonyl (C=O) groups is 1. The average molecular weight is 243 g/mol. The van der Waals surface area contributed by atoms with Gasteiger partial charge in [0.2, 0.25) is 0 Å². The van der Waals surface area contributed by atoms with Crippen LogP contribution in [0.4, 0.5) is 8.78 Å². The first kappa shape index (κ1) is 13.6. The van der Waals surface area contributed by atoms with Crippen molar-refractivity contribution in [1.29, 1.82) is 0 Å². The Morgan fingerprint density at radius 3 is 2.65 bits per heavy atom. The smallest absolute Gasteiger partial charge is 0.303 e. The fourth-order valence-corrected chi connectivity index (χ4v) is 1.41. The van der Waals surface area contributed by atoms with Gasteiger partial charge >= 0.3 is 5.97 Å². The van der Waals surface area contributed by atoms with Gasteiger partial charge in [-0.2, -0.15) is 0 Å². The molecule has 0 heterocycles. The second kappa shape index (κ2) is 6.96. The highest BCUT2D eigenvalue weighted by atomic mass is 19.2. The summed E-state index contributed by atoms with van der Waals surface area (Å²) in [7, 11) is 0. The molecule has 0 radical (unpaired) electrons. The second-order valence-corrected chi connectivity index (χ2v) is 3.78. The van der Waals surface area contributed by atoms with Crippen LogP contribution in [0.15, 0.2) is 18.2 Å². The van der Waals surface area contributed by atoms with Crippen molar-refractivity contribution in [2.45, 2.75) is 25.8 Å². The van der Waals surface area contributed by atoms with Gasteiger partial charge in [-0.25, -0.2) is 8.78 Å². The summed E-state index contributed by atoms with van der Waals surface area (Å²) >= 11 is 0. The quantitative estimate of drug-likeness (QED) is 0.722. The van der Waals surface area contributed by atoms with E-state index < -0.39 is 17.6 Å². The number of carboxylic acids is 1. The van der Waals surface area contributed by atoms with Crippen LogP contribution in [0, 0.1) is 11.6 Å². The van der Waals surface area contributed by atoms with Crippen LogP contribution >= 0.6 is 0 Å². The van der Waals surface area contributed by atoms with E-state index in [1.165, 1.54) is 6.07 Å². The van der Waals surface area contributed by atoms with Crippen molar-refractivity contribution in [3.63, 3.8) is 0 Å². The van der Waals surface area contributed by atoms with E-state index in [0.29, 0.717) is 25.1 Å². The number of nitrogens with one attached hydrogen (secondary N) is 1. The molecule has 0 spiro atoms. The molecule has 0 saturated heterocycles. The SMILES string of the molecule is O=C(O)CCCCNCc1ccc(F)c(F)c1. The summed E-state index contributed by atoms with van der Waals surface area (Å²) in [4.78, 5) is 10.2. The summed E-state index contributed by atoms with van der Waals surface area (Å²) in [5.41, 5.74) is 0.669. The fraction of sp³-hybridized carbons (Fsp3) is 0.417. The maximum atomic E-state index is 12.8. The molecule has 0 atom stereocenters. The molecule has 17 heavy (non-hydrogen) atoms. The van der Waals surface area contributed by atoms with E-state index in [4.69, 9.17) is 5.11 Å². The van der Waals surface area contributed by atoms with Crippen molar-refractivity contribution in [3.05, 3.63) is 35.4 Å². The fourth-order valence-electron chi connectivity index (χ4n) is 1.41. The number of unbranched alkanes of at least 4 members (excludes halogenated alkanes) is 1. The lowest BCUT2D eigenvalue weighted by atomic mass is 10.2. The van der Waals surface area contributed by atoms with Crippen molar-refractivity contribution in [1.82, 2.24) is 5.32 Å². The molecule has 0 aliphatic carbocycles. The van der Waals surface area contributed by atoms with Crippen LogP contribution < -0.4 is 5.32 Å². The van der Waals surface area contributed by atoms with Crippen LogP contribution in [0.5, 0.6) is 0 Å². The lowest BCUT2D eigenvalue weighted by molar-refractivity contribution is -0.137. The molecule has 0 saturated carbocycles. The Balaban J connectivity index is 2.18. The van der Waals surface area contributed by atoms with Gasteiger partial charge in [0.05, 0.1) is 0 Å². The molecular formula is C12H15F2NO2. The Labute approximate surface area is 98.5 Å². The average Bonchev–Trinajstić information content (AvgIpc) is 2.27.